The second-order valence-corrected chi connectivity index (χ2v) is 9.56. The van der Waals surface area contributed by atoms with Gasteiger partial charge in [-0.05, 0) is 56.2 Å². The quantitative estimate of drug-likeness (QED) is 0.812. The van der Waals surface area contributed by atoms with Gasteiger partial charge in [0.25, 0.3) is 5.91 Å². The molecule has 2 heterocycles. The van der Waals surface area contributed by atoms with Crippen LogP contribution < -0.4 is 4.31 Å². The number of piperidine rings is 1. The van der Waals surface area contributed by atoms with Crippen molar-refractivity contribution in [3.05, 3.63) is 29.8 Å². The van der Waals surface area contributed by atoms with Gasteiger partial charge in [0.1, 0.15) is 0 Å². The maximum atomic E-state index is 13.1. The second-order valence-electron chi connectivity index (χ2n) is 7.54. The number of hydrogen-bond donors (Lipinski definition) is 0. The van der Waals surface area contributed by atoms with Gasteiger partial charge < -0.3 is 4.90 Å². The van der Waals surface area contributed by atoms with E-state index in [9.17, 15) is 13.2 Å². The van der Waals surface area contributed by atoms with E-state index in [0.717, 1.165) is 19.4 Å². The normalized spacial score (nSPS) is 28.6. The zero-order valence-corrected chi connectivity index (χ0v) is 15.4. The van der Waals surface area contributed by atoms with Gasteiger partial charge in [-0.3, -0.25) is 9.10 Å². The van der Waals surface area contributed by atoms with Gasteiger partial charge in [-0.25, -0.2) is 8.42 Å². The molecule has 1 aromatic rings. The largest absolute Gasteiger partial charge is 0.335 e. The van der Waals surface area contributed by atoms with Crippen LogP contribution in [0.3, 0.4) is 0 Å². The summed E-state index contributed by atoms with van der Waals surface area (Å²) in [7, 11) is -3.22. The molecule has 3 aliphatic rings. The van der Waals surface area contributed by atoms with Crippen molar-refractivity contribution in [2.75, 3.05) is 23.1 Å². The minimum atomic E-state index is -3.22. The molecule has 0 spiro atoms. The number of fused-ring (bicyclic) bond motifs is 1. The van der Waals surface area contributed by atoms with E-state index in [2.05, 4.69) is 4.90 Å². The molecule has 1 aliphatic carbocycles. The molecule has 6 heteroatoms. The molecule has 1 aromatic carbocycles. The number of amides is 1. The molecule has 2 atom stereocenters. The Labute approximate surface area is 150 Å². The highest BCUT2D eigenvalue weighted by molar-refractivity contribution is 7.93. The molecular formula is C19H26N2O3S. The molecule has 3 fully saturated rings. The van der Waals surface area contributed by atoms with E-state index in [1.165, 1.54) is 30.0 Å². The van der Waals surface area contributed by atoms with Crippen LogP contribution in [0.15, 0.2) is 24.3 Å². The van der Waals surface area contributed by atoms with Crippen molar-refractivity contribution >= 4 is 21.6 Å². The van der Waals surface area contributed by atoms with Crippen LogP contribution in [0, 0.1) is 5.92 Å². The van der Waals surface area contributed by atoms with Crippen LogP contribution in [0.4, 0.5) is 5.69 Å². The molecule has 0 N–H and O–H groups in total. The molecule has 1 saturated carbocycles. The minimum absolute atomic E-state index is 0.0649. The first-order valence-electron chi connectivity index (χ1n) is 9.48. The molecular weight excluding hydrogens is 336 g/mol. The van der Waals surface area contributed by atoms with E-state index in [1.807, 2.05) is 6.07 Å². The van der Waals surface area contributed by atoms with Crippen molar-refractivity contribution in [2.24, 2.45) is 5.92 Å². The summed E-state index contributed by atoms with van der Waals surface area (Å²) in [5.74, 6) is 0.907. The highest BCUT2D eigenvalue weighted by Crippen LogP contribution is 2.36. The zero-order valence-electron chi connectivity index (χ0n) is 14.6. The number of hydrogen-bond acceptors (Lipinski definition) is 3. The Morgan fingerprint density at radius 1 is 1.00 bits per heavy atom. The third-order valence-corrected chi connectivity index (χ3v) is 7.85. The zero-order chi connectivity index (χ0) is 17.4. The Balaban J connectivity index is 1.59. The molecule has 136 valence electrons. The summed E-state index contributed by atoms with van der Waals surface area (Å²) in [5, 5.41) is 0. The van der Waals surface area contributed by atoms with Gasteiger partial charge in [-0.2, -0.15) is 0 Å². The van der Waals surface area contributed by atoms with Crippen molar-refractivity contribution in [2.45, 2.75) is 51.0 Å². The highest BCUT2D eigenvalue weighted by Gasteiger charge is 2.36. The molecule has 2 aliphatic heterocycles. The fourth-order valence-corrected chi connectivity index (χ4v) is 6.32. The monoisotopic (exact) mass is 362 g/mol. The van der Waals surface area contributed by atoms with Gasteiger partial charge in [0.2, 0.25) is 10.0 Å². The number of nitrogens with zero attached hydrogens (tertiary/aromatic N) is 2. The SMILES string of the molecule is O=C(c1cccc(N2CCCS2(=O)=O)c1)N1CCC[C@H]2CCCC[C@H]21. The average molecular weight is 362 g/mol. The predicted molar refractivity (Wildman–Crippen MR) is 98.2 cm³/mol. The number of benzene rings is 1. The maximum Gasteiger partial charge on any atom is 0.254 e. The van der Waals surface area contributed by atoms with E-state index in [1.54, 1.807) is 18.2 Å². The summed E-state index contributed by atoms with van der Waals surface area (Å²) in [6, 6.07) is 7.55. The summed E-state index contributed by atoms with van der Waals surface area (Å²) in [6.45, 7) is 1.33. The fourth-order valence-electron chi connectivity index (χ4n) is 4.77. The number of carbonyl (C=O) groups is 1. The van der Waals surface area contributed by atoms with Crippen LogP contribution in [-0.2, 0) is 10.0 Å². The Kier molecular flexibility index (Phi) is 4.48. The number of sulfonamides is 1. The summed E-state index contributed by atoms with van der Waals surface area (Å²) in [6.07, 6.45) is 7.80. The van der Waals surface area contributed by atoms with E-state index < -0.39 is 10.0 Å². The first-order valence-corrected chi connectivity index (χ1v) is 11.1. The summed E-state index contributed by atoms with van der Waals surface area (Å²) in [4.78, 5) is 15.2. The predicted octanol–water partition coefficient (Wildman–Crippen LogP) is 3.02. The van der Waals surface area contributed by atoms with Crippen molar-refractivity contribution in [3.8, 4) is 0 Å². The second kappa shape index (κ2) is 6.63. The average Bonchev–Trinajstić information content (AvgIpc) is 3.00. The molecule has 2 saturated heterocycles. The number of anilines is 1. The van der Waals surface area contributed by atoms with Crippen LogP contribution in [0.1, 0.15) is 55.3 Å². The molecule has 0 aromatic heterocycles. The van der Waals surface area contributed by atoms with Crippen molar-refractivity contribution in [3.63, 3.8) is 0 Å². The van der Waals surface area contributed by atoms with Gasteiger partial charge in [0, 0.05) is 24.7 Å². The molecule has 0 bridgehead atoms. The molecule has 4 rings (SSSR count). The van der Waals surface area contributed by atoms with Gasteiger partial charge in [0.15, 0.2) is 0 Å². The lowest BCUT2D eigenvalue weighted by molar-refractivity contribution is 0.0390. The summed E-state index contributed by atoms with van der Waals surface area (Å²) >= 11 is 0. The van der Waals surface area contributed by atoms with Crippen LogP contribution in [0.5, 0.6) is 0 Å². The Morgan fingerprint density at radius 2 is 1.80 bits per heavy atom. The third kappa shape index (κ3) is 3.16. The maximum absolute atomic E-state index is 13.1. The Morgan fingerprint density at radius 3 is 2.60 bits per heavy atom. The third-order valence-electron chi connectivity index (χ3n) is 5.98. The van der Waals surface area contributed by atoms with E-state index >= 15 is 0 Å². The standard InChI is InChI=1S/C19H26N2O3S/c22-19(20-11-4-8-15-6-1-2-10-18(15)20)16-7-3-9-17(14-16)21-12-5-13-25(21,23)24/h3,7,9,14-15,18H,1-2,4-6,8,10-13H2/t15-,18-/m1/s1. The van der Waals surface area contributed by atoms with E-state index in [0.29, 0.717) is 36.2 Å². The smallest absolute Gasteiger partial charge is 0.254 e. The number of likely N-dealkylation sites (tertiary alicyclic amines) is 1. The number of carbonyl (C=O) groups excluding carboxylic acids is 1. The first kappa shape index (κ1) is 16.9. The van der Waals surface area contributed by atoms with Crippen LogP contribution in [-0.4, -0.2) is 44.1 Å². The first-order chi connectivity index (χ1) is 12.1. The molecule has 25 heavy (non-hydrogen) atoms. The summed E-state index contributed by atoms with van der Waals surface area (Å²) in [5.41, 5.74) is 1.24. The van der Waals surface area contributed by atoms with E-state index in [4.69, 9.17) is 0 Å². The summed E-state index contributed by atoms with van der Waals surface area (Å²) < 4.78 is 25.8. The topological polar surface area (TPSA) is 57.7 Å². The van der Waals surface area contributed by atoms with Crippen molar-refractivity contribution in [1.29, 1.82) is 0 Å². The van der Waals surface area contributed by atoms with Crippen LogP contribution in [0.25, 0.3) is 0 Å². The molecule has 0 unspecified atom stereocenters. The highest BCUT2D eigenvalue weighted by atomic mass is 32.2. The van der Waals surface area contributed by atoms with Gasteiger partial charge in [-0.1, -0.05) is 18.9 Å². The van der Waals surface area contributed by atoms with Gasteiger partial charge in [0.05, 0.1) is 11.4 Å². The Bertz CT molecular complexity index is 760. The molecule has 1 amide bonds. The lowest BCUT2D eigenvalue weighted by Crippen LogP contribution is -2.49. The van der Waals surface area contributed by atoms with Gasteiger partial charge in [-0.15, -0.1) is 0 Å². The fraction of sp³-hybridized carbons (Fsp3) is 0.632. The van der Waals surface area contributed by atoms with Crippen LogP contribution >= 0.6 is 0 Å². The van der Waals surface area contributed by atoms with E-state index in [-0.39, 0.29) is 11.7 Å². The molecule has 0 radical (unpaired) electrons. The molecule has 5 nitrogen and oxygen atoms in total. The van der Waals surface area contributed by atoms with Gasteiger partial charge >= 0.3 is 0 Å². The van der Waals surface area contributed by atoms with Crippen LogP contribution in [0.2, 0.25) is 0 Å². The Hall–Kier alpha value is -1.56. The lowest BCUT2D eigenvalue weighted by Gasteiger charge is -2.44. The van der Waals surface area contributed by atoms with Crippen molar-refractivity contribution < 1.29 is 13.2 Å². The number of rotatable bonds is 2. The van der Waals surface area contributed by atoms with Crippen molar-refractivity contribution in [1.82, 2.24) is 4.90 Å². The lowest BCUT2D eigenvalue weighted by atomic mass is 9.78. The minimum Gasteiger partial charge on any atom is -0.335 e.